The van der Waals surface area contributed by atoms with E-state index in [0.29, 0.717) is 21.7 Å². The Balaban J connectivity index is 1.76. The highest BCUT2D eigenvalue weighted by Gasteiger charge is 2.41. The molecule has 0 radical (unpaired) electrons. The van der Waals surface area contributed by atoms with Crippen LogP contribution in [0.25, 0.3) is 0 Å². The van der Waals surface area contributed by atoms with Crippen molar-refractivity contribution in [2.75, 3.05) is 6.16 Å². The minimum atomic E-state index is -3.08. The van der Waals surface area contributed by atoms with Gasteiger partial charge in [0.1, 0.15) is 7.14 Å². The third-order valence-electron chi connectivity index (χ3n) is 5.80. The van der Waals surface area contributed by atoms with Gasteiger partial charge in [0.25, 0.3) is 0 Å². The van der Waals surface area contributed by atoms with Crippen LogP contribution < -0.4 is 10.6 Å². The lowest BCUT2D eigenvalue weighted by Gasteiger charge is -2.30. The van der Waals surface area contributed by atoms with Gasteiger partial charge in [-0.15, -0.1) is 0 Å². The van der Waals surface area contributed by atoms with Gasteiger partial charge in [0.15, 0.2) is 11.4 Å². The molecule has 0 amide bonds. The first kappa shape index (κ1) is 22.0. The second-order valence-corrected chi connectivity index (χ2v) is 10.8. The van der Waals surface area contributed by atoms with E-state index >= 15 is 0 Å². The molecule has 160 valence electrons. The topological polar surface area (TPSA) is 54.4 Å². The Morgan fingerprint density at radius 3 is 1.53 bits per heavy atom. The predicted molar refractivity (Wildman–Crippen MR) is 130 cm³/mol. The van der Waals surface area contributed by atoms with Gasteiger partial charge in [0.2, 0.25) is 0 Å². The molecule has 4 rings (SSSR count). The number of ketones is 1. The molecular formula is C28H25O3P. The van der Waals surface area contributed by atoms with Gasteiger partial charge in [-0.25, -0.2) is 0 Å². The van der Waals surface area contributed by atoms with Crippen LogP contribution in [0.15, 0.2) is 121 Å². The maximum Gasteiger partial charge on any atom is 0.198 e. The van der Waals surface area contributed by atoms with Gasteiger partial charge < -0.3 is 9.67 Å². The molecule has 3 nitrogen and oxygen atoms in total. The first-order chi connectivity index (χ1) is 15.5. The number of carbonyl (C=O) groups excluding carboxylic acids is 1. The lowest BCUT2D eigenvalue weighted by molar-refractivity contribution is 0.0281. The summed E-state index contributed by atoms with van der Waals surface area (Å²) < 4.78 is 14.4. The predicted octanol–water partition coefficient (Wildman–Crippen LogP) is 5.16. The van der Waals surface area contributed by atoms with Crippen LogP contribution in [0, 0.1) is 0 Å². The molecule has 0 aliphatic carbocycles. The summed E-state index contributed by atoms with van der Waals surface area (Å²) in [7, 11) is -3.08. The summed E-state index contributed by atoms with van der Waals surface area (Å²) in [5, 5.41) is 13.2. The molecular weight excluding hydrogens is 415 g/mol. The van der Waals surface area contributed by atoms with Gasteiger partial charge in [-0.2, -0.15) is 0 Å². The molecule has 0 heterocycles. The van der Waals surface area contributed by atoms with Gasteiger partial charge in [-0.3, -0.25) is 4.79 Å². The molecule has 4 aromatic rings. The van der Waals surface area contributed by atoms with Crippen molar-refractivity contribution < 1.29 is 14.5 Å². The summed E-state index contributed by atoms with van der Waals surface area (Å²) in [6.07, 6.45) is 0.191. The molecule has 1 N–H and O–H groups in total. The van der Waals surface area contributed by atoms with Gasteiger partial charge in [0, 0.05) is 22.3 Å². The highest BCUT2D eigenvalue weighted by atomic mass is 31.2. The van der Waals surface area contributed by atoms with E-state index in [1.54, 1.807) is 48.5 Å². The Morgan fingerprint density at radius 2 is 1.06 bits per heavy atom. The average molecular weight is 440 g/mol. The third-order valence-corrected chi connectivity index (χ3v) is 8.92. The number of Topliss-reactive ketones (excluding diaryl/α,β-unsaturated/α-hetero) is 1. The molecule has 32 heavy (non-hydrogen) atoms. The summed E-state index contributed by atoms with van der Waals surface area (Å²) in [5.74, 6) is -0.392. The summed E-state index contributed by atoms with van der Waals surface area (Å²) in [5.41, 5.74) is -0.864. The van der Waals surface area contributed by atoms with Crippen LogP contribution in [-0.2, 0) is 10.2 Å². The standard InChI is InChI=1S/C28H25O3P/c29-27(23-13-5-1-6-14-23)28(30,24-15-7-2-8-16-24)21-22-32(31,25-17-9-3-10-18-25)26-19-11-4-12-20-26/h1-20,30H,21-22H2/t28-/m1/s1. The molecule has 0 unspecified atom stereocenters. The second-order valence-electron chi connectivity index (χ2n) is 7.81. The quantitative estimate of drug-likeness (QED) is 0.304. The fourth-order valence-electron chi connectivity index (χ4n) is 4.00. The molecule has 4 heteroatoms. The third kappa shape index (κ3) is 4.36. The Hall–Kier alpha value is -3.26. The van der Waals surface area contributed by atoms with Crippen molar-refractivity contribution in [3.8, 4) is 0 Å². The van der Waals surface area contributed by atoms with Crippen LogP contribution in [0.2, 0.25) is 0 Å². The molecule has 4 aromatic carbocycles. The molecule has 0 bridgehead atoms. The molecule has 0 aliphatic heterocycles. The van der Waals surface area contributed by atoms with E-state index in [0.717, 1.165) is 0 Å². The highest BCUT2D eigenvalue weighted by Crippen LogP contribution is 2.46. The Bertz CT molecular complexity index is 1170. The molecule has 0 aliphatic rings. The first-order valence-electron chi connectivity index (χ1n) is 10.6. The van der Waals surface area contributed by atoms with Crippen LogP contribution in [-0.4, -0.2) is 17.1 Å². The Morgan fingerprint density at radius 1 is 0.656 bits per heavy atom. The smallest absolute Gasteiger partial charge is 0.198 e. The monoisotopic (exact) mass is 440 g/mol. The van der Waals surface area contributed by atoms with Gasteiger partial charge in [-0.1, -0.05) is 121 Å². The molecule has 0 spiro atoms. The SMILES string of the molecule is O=C(c1ccccc1)[C@@](O)(CCP(=O)(c1ccccc1)c1ccccc1)c1ccccc1. The zero-order valence-corrected chi connectivity index (χ0v) is 18.6. The number of rotatable bonds is 8. The summed E-state index contributed by atoms with van der Waals surface area (Å²) in [6, 6.07) is 36.4. The number of hydrogen-bond donors (Lipinski definition) is 1. The van der Waals surface area contributed by atoms with E-state index in [1.165, 1.54) is 0 Å². The van der Waals surface area contributed by atoms with E-state index in [9.17, 15) is 14.5 Å². The Labute approximate surface area is 188 Å². The van der Waals surface area contributed by atoms with Gasteiger partial charge in [-0.05, 0) is 12.0 Å². The average Bonchev–Trinajstić information content (AvgIpc) is 2.88. The van der Waals surface area contributed by atoms with Crippen LogP contribution in [0.1, 0.15) is 22.3 Å². The molecule has 0 aromatic heterocycles. The van der Waals surface area contributed by atoms with Crippen molar-refractivity contribution in [3.05, 3.63) is 132 Å². The van der Waals surface area contributed by atoms with E-state index in [2.05, 4.69) is 0 Å². The minimum Gasteiger partial charge on any atom is -0.377 e. The number of carbonyl (C=O) groups is 1. The molecule has 0 fully saturated rings. The maximum absolute atomic E-state index is 14.4. The van der Waals surface area contributed by atoms with E-state index < -0.39 is 18.5 Å². The van der Waals surface area contributed by atoms with Gasteiger partial charge >= 0.3 is 0 Å². The highest BCUT2D eigenvalue weighted by molar-refractivity contribution is 7.78. The lowest BCUT2D eigenvalue weighted by atomic mass is 9.84. The van der Waals surface area contributed by atoms with Crippen LogP contribution in [0.4, 0.5) is 0 Å². The van der Waals surface area contributed by atoms with Crippen molar-refractivity contribution in [3.63, 3.8) is 0 Å². The fourth-order valence-corrected chi connectivity index (χ4v) is 6.76. The van der Waals surface area contributed by atoms with Gasteiger partial charge in [0.05, 0.1) is 0 Å². The van der Waals surface area contributed by atoms with Crippen LogP contribution in [0.3, 0.4) is 0 Å². The van der Waals surface area contributed by atoms with E-state index in [1.807, 2.05) is 72.8 Å². The number of hydrogen-bond acceptors (Lipinski definition) is 3. The molecule has 1 atom stereocenters. The van der Waals surface area contributed by atoms with Crippen molar-refractivity contribution in [1.82, 2.24) is 0 Å². The van der Waals surface area contributed by atoms with Crippen LogP contribution >= 0.6 is 7.14 Å². The number of aliphatic hydroxyl groups is 1. The first-order valence-corrected chi connectivity index (χ1v) is 12.5. The van der Waals surface area contributed by atoms with Crippen molar-refractivity contribution >= 4 is 23.5 Å². The van der Waals surface area contributed by atoms with Crippen molar-refractivity contribution in [1.29, 1.82) is 0 Å². The normalized spacial score (nSPS) is 13.3. The molecule has 0 saturated carbocycles. The van der Waals surface area contributed by atoms with Crippen molar-refractivity contribution in [2.24, 2.45) is 0 Å². The summed E-state index contributed by atoms with van der Waals surface area (Å²) >= 11 is 0. The number of benzene rings is 4. The zero-order chi connectivity index (χ0) is 22.4. The summed E-state index contributed by atoms with van der Waals surface area (Å²) in [6.45, 7) is 0. The largest absolute Gasteiger partial charge is 0.377 e. The second kappa shape index (κ2) is 9.48. The van der Waals surface area contributed by atoms with Crippen LogP contribution in [0.5, 0.6) is 0 Å². The lowest BCUT2D eigenvalue weighted by Crippen LogP contribution is -2.37. The maximum atomic E-state index is 14.4. The van der Waals surface area contributed by atoms with E-state index in [-0.39, 0.29) is 12.6 Å². The summed E-state index contributed by atoms with van der Waals surface area (Å²) in [4.78, 5) is 13.5. The fraction of sp³-hybridized carbons (Fsp3) is 0.107. The zero-order valence-electron chi connectivity index (χ0n) is 17.7. The Kier molecular flexibility index (Phi) is 6.50. The van der Waals surface area contributed by atoms with E-state index in [4.69, 9.17) is 0 Å². The minimum absolute atomic E-state index is 0.0335. The van der Waals surface area contributed by atoms with Crippen molar-refractivity contribution in [2.45, 2.75) is 12.0 Å². The molecule has 0 saturated heterocycles.